The molecule has 24 heavy (non-hydrogen) atoms. The first-order valence-electron chi connectivity index (χ1n) is 8.35. The molecule has 0 amide bonds. The van der Waals surface area contributed by atoms with Crippen LogP contribution in [0.15, 0.2) is 51.8 Å². The number of aliphatic imine (C=N–C) groups is 2. The second-order valence-electron chi connectivity index (χ2n) is 6.31. The van der Waals surface area contributed by atoms with Gasteiger partial charge in [-0.2, -0.15) is 0 Å². The Morgan fingerprint density at radius 2 is 1.83 bits per heavy atom. The van der Waals surface area contributed by atoms with Crippen molar-refractivity contribution < 1.29 is 0 Å². The monoisotopic (exact) mass is 374 g/mol. The Bertz CT molecular complexity index is 757. The molecule has 1 spiro atoms. The molecule has 2 nitrogen and oxygen atoms in total. The lowest BCUT2D eigenvalue weighted by molar-refractivity contribution is 0.317. The van der Waals surface area contributed by atoms with Crippen LogP contribution in [-0.4, -0.2) is 16.4 Å². The van der Waals surface area contributed by atoms with Crippen molar-refractivity contribution >= 4 is 45.5 Å². The van der Waals surface area contributed by atoms with E-state index in [-0.39, 0.29) is 5.66 Å². The molecule has 1 aliphatic heterocycles. The minimum absolute atomic E-state index is 0.181. The third kappa shape index (κ3) is 3.46. The van der Waals surface area contributed by atoms with Crippen molar-refractivity contribution in [2.24, 2.45) is 9.98 Å². The molecule has 5 heteroatoms. The van der Waals surface area contributed by atoms with Gasteiger partial charge >= 0.3 is 0 Å². The second-order valence-corrected chi connectivity index (χ2v) is 8.66. The summed E-state index contributed by atoms with van der Waals surface area (Å²) in [7, 11) is 0. The quantitative estimate of drug-likeness (QED) is 0.628. The van der Waals surface area contributed by atoms with Crippen LogP contribution in [-0.2, 0) is 5.75 Å². The molecule has 1 aliphatic carbocycles. The maximum Gasteiger partial charge on any atom is 0.152 e. The molecule has 0 atom stereocenters. The lowest BCUT2D eigenvalue weighted by atomic mass is 9.90. The van der Waals surface area contributed by atoms with Crippen molar-refractivity contribution in [3.05, 3.63) is 57.2 Å². The fraction of sp³-hybridized carbons (Fsp3) is 0.368. The van der Waals surface area contributed by atoms with Crippen molar-refractivity contribution in [1.29, 1.82) is 0 Å². The Morgan fingerprint density at radius 3 is 2.54 bits per heavy atom. The number of halogens is 1. The molecule has 0 saturated heterocycles. The highest BCUT2D eigenvalue weighted by Crippen LogP contribution is 2.39. The van der Waals surface area contributed by atoms with E-state index in [0.717, 1.165) is 34.4 Å². The van der Waals surface area contributed by atoms with Gasteiger partial charge in [-0.3, -0.25) is 4.99 Å². The first kappa shape index (κ1) is 16.4. The summed E-state index contributed by atoms with van der Waals surface area (Å²) in [5, 5.41) is 4.00. The maximum absolute atomic E-state index is 5.98. The SMILES string of the molecule is Clc1ccc(CSC2=NC3(CCCCC3)N=C2c2cccs2)cc1. The third-order valence-electron chi connectivity index (χ3n) is 4.53. The standard InChI is InChI=1S/C19H19ClN2S2/c20-15-8-6-14(7-9-15)13-24-18-17(16-5-4-12-23-16)21-19(22-18)10-2-1-3-11-19/h4-9,12H,1-3,10-11,13H2. The van der Waals surface area contributed by atoms with E-state index in [4.69, 9.17) is 21.6 Å². The zero-order valence-corrected chi connectivity index (χ0v) is 15.8. The molecule has 2 aliphatic rings. The summed E-state index contributed by atoms with van der Waals surface area (Å²) >= 11 is 9.53. The third-order valence-corrected chi connectivity index (χ3v) is 6.69. The number of nitrogens with zero attached hydrogens (tertiary/aromatic N) is 2. The summed E-state index contributed by atoms with van der Waals surface area (Å²) in [6.07, 6.45) is 5.97. The van der Waals surface area contributed by atoms with E-state index < -0.39 is 0 Å². The van der Waals surface area contributed by atoms with Crippen molar-refractivity contribution in [2.75, 3.05) is 0 Å². The zero-order chi connectivity index (χ0) is 16.4. The van der Waals surface area contributed by atoms with E-state index in [1.54, 1.807) is 23.1 Å². The van der Waals surface area contributed by atoms with Gasteiger partial charge in [0.1, 0.15) is 10.8 Å². The molecule has 1 aromatic heterocycles. The van der Waals surface area contributed by atoms with E-state index >= 15 is 0 Å². The van der Waals surface area contributed by atoms with Crippen molar-refractivity contribution in [3.8, 4) is 0 Å². The largest absolute Gasteiger partial charge is 0.251 e. The van der Waals surface area contributed by atoms with E-state index in [1.165, 1.54) is 29.7 Å². The number of rotatable bonds is 3. The summed E-state index contributed by atoms with van der Waals surface area (Å²) in [6, 6.07) is 12.3. The lowest BCUT2D eigenvalue weighted by Crippen LogP contribution is -2.25. The van der Waals surface area contributed by atoms with Crippen LogP contribution in [0.4, 0.5) is 0 Å². The van der Waals surface area contributed by atoms with Crippen LogP contribution in [0.3, 0.4) is 0 Å². The number of benzene rings is 1. The number of hydrogen-bond acceptors (Lipinski definition) is 4. The topological polar surface area (TPSA) is 24.7 Å². The zero-order valence-electron chi connectivity index (χ0n) is 13.4. The molecule has 0 radical (unpaired) electrons. The van der Waals surface area contributed by atoms with Gasteiger partial charge in [-0.25, -0.2) is 4.99 Å². The van der Waals surface area contributed by atoms with Crippen LogP contribution in [0.2, 0.25) is 5.02 Å². The predicted molar refractivity (Wildman–Crippen MR) is 107 cm³/mol. The number of thiophene rings is 1. The van der Waals surface area contributed by atoms with Crippen LogP contribution in [0.5, 0.6) is 0 Å². The summed E-state index contributed by atoms with van der Waals surface area (Å²) < 4.78 is 0. The van der Waals surface area contributed by atoms with Gasteiger partial charge in [0.15, 0.2) is 5.66 Å². The fourth-order valence-electron chi connectivity index (χ4n) is 3.27. The minimum atomic E-state index is -0.181. The van der Waals surface area contributed by atoms with Gasteiger partial charge in [0, 0.05) is 10.8 Å². The molecule has 2 heterocycles. The van der Waals surface area contributed by atoms with E-state index in [9.17, 15) is 0 Å². The highest BCUT2D eigenvalue weighted by molar-refractivity contribution is 8.15. The first-order chi connectivity index (χ1) is 11.7. The van der Waals surface area contributed by atoms with Crippen molar-refractivity contribution in [2.45, 2.75) is 43.5 Å². The fourth-order valence-corrected chi connectivity index (χ4v) is 5.20. The molecule has 1 saturated carbocycles. The molecule has 4 rings (SSSR count). The highest BCUT2D eigenvalue weighted by Gasteiger charge is 2.37. The Balaban J connectivity index is 1.58. The molecule has 0 bridgehead atoms. The predicted octanol–water partition coefficient (Wildman–Crippen LogP) is 6.20. The lowest BCUT2D eigenvalue weighted by Gasteiger charge is -2.27. The highest BCUT2D eigenvalue weighted by atomic mass is 35.5. The van der Waals surface area contributed by atoms with Gasteiger partial charge in [0.2, 0.25) is 0 Å². The Morgan fingerprint density at radius 1 is 1.04 bits per heavy atom. The minimum Gasteiger partial charge on any atom is -0.251 e. The van der Waals surface area contributed by atoms with Gasteiger partial charge in [-0.05, 0) is 54.8 Å². The molecule has 0 N–H and O–H groups in total. The molecule has 1 aromatic carbocycles. The smallest absolute Gasteiger partial charge is 0.152 e. The Labute approximate surface area is 156 Å². The van der Waals surface area contributed by atoms with E-state index in [0.29, 0.717) is 0 Å². The number of hydrogen-bond donors (Lipinski definition) is 0. The number of thioether (sulfide) groups is 1. The summed E-state index contributed by atoms with van der Waals surface area (Å²) in [4.78, 5) is 11.5. The molecule has 2 aromatic rings. The Kier molecular flexibility index (Phi) is 4.79. The first-order valence-corrected chi connectivity index (χ1v) is 10.6. The maximum atomic E-state index is 5.98. The van der Waals surface area contributed by atoms with Gasteiger partial charge in [0.25, 0.3) is 0 Å². The summed E-state index contributed by atoms with van der Waals surface area (Å²) in [6.45, 7) is 0. The van der Waals surface area contributed by atoms with Gasteiger partial charge < -0.3 is 0 Å². The van der Waals surface area contributed by atoms with Crippen LogP contribution in [0, 0.1) is 0 Å². The summed E-state index contributed by atoms with van der Waals surface area (Å²) in [5.41, 5.74) is 2.19. The molecule has 1 fully saturated rings. The van der Waals surface area contributed by atoms with Crippen LogP contribution >= 0.6 is 34.7 Å². The molecular formula is C19H19ClN2S2. The average molecular weight is 375 g/mol. The van der Waals surface area contributed by atoms with Crippen LogP contribution in [0.25, 0.3) is 0 Å². The second kappa shape index (κ2) is 7.03. The summed E-state index contributed by atoms with van der Waals surface area (Å²) in [5.74, 6) is 0.899. The Hall–Kier alpha value is -1.10. The average Bonchev–Trinajstić information content (AvgIpc) is 3.23. The van der Waals surface area contributed by atoms with Gasteiger partial charge in [-0.1, -0.05) is 48.0 Å². The molecular weight excluding hydrogens is 356 g/mol. The van der Waals surface area contributed by atoms with Crippen molar-refractivity contribution in [1.82, 2.24) is 0 Å². The van der Waals surface area contributed by atoms with Gasteiger partial charge in [0.05, 0.1) is 4.88 Å². The molecule has 0 unspecified atom stereocenters. The molecule has 124 valence electrons. The van der Waals surface area contributed by atoms with E-state index in [2.05, 4.69) is 29.6 Å². The van der Waals surface area contributed by atoms with E-state index in [1.807, 2.05) is 12.1 Å². The van der Waals surface area contributed by atoms with Gasteiger partial charge in [-0.15, -0.1) is 11.3 Å². The van der Waals surface area contributed by atoms with Crippen LogP contribution in [0.1, 0.15) is 42.5 Å². The normalized spacial score (nSPS) is 19.4. The van der Waals surface area contributed by atoms with Crippen molar-refractivity contribution in [3.63, 3.8) is 0 Å². The van der Waals surface area contributed by atoms with Crippen LogP contribution < -0.4 is 0 Å².